The maximum atomic E-state index is 13.8. The van der Waals surface area contributed by atoms with Gasteiger partial charge in [0.1, 0.15) is 21.8 Å². The molecule has 0 N–H and O–H groups in total. The van der Waals surface area contributed by atoms with Crippen LogP contribution in [0.25, 0.3) is 0 Å². The quantitative estimate of drug-likeness (QED) is 0.332. The fraction of sp³-hybridized carbons (Fsp3) is 0.467. The minimum atomic E-state index is -3.81. The first-order valence-electron chi connectivity index (χ1n) is 13.7. The second-order valence-corrected chi connectivity index (χ2v) is 13.5. The van der Waals surface area contributed by atoms with Gasteiger partial charge in [0.15, 0.2) is 0 Å². The maximum absolute atomic E-state index is 13.8. The minimum absolute atomic E-state index is 0.0883. The first kappa shape index (κ1) is 29.7. The fourth-order valence-electron chi connectivity index (χ4n) is 5.30. The molecule has 2 aliphatic heterocycles. The van der Waals surface area contributed by atoms with Crippen LogP contribution < -0.4 is 4.74 Å². The summed E-state index contributed by atoms with van der Waals surface area (Å²) in [6, 6.07) is 12.7. The molecular weight excluding hydrogens is 564 g/mol. The zero-order valence-corrected chi connectivity index (χ0v) is 25.6. The Kier molecular flexibility index (Phi) is 8.54. The van der Waals surface area contributed by atoms with E-state index in [0.717, 1.165) is 32.3 Å². The second-order valence-electron chi connectivity index (χ2n) is 10.5. The van der Waals surface area contributed by atoms with Crippen LogP contribution in [0.4, 0.5) is 0 Å². The van der Waals surface area contributed by atoms with Gasteiger partial charge in [-0.2, -0.15) is 4.31 Å². The van der Waals surface area contributed by atoms with Crippen LogP contribution in [0, 0.1) is 13.8 Å². The van der Waals surface area contributed by atoms with Crippen LogP contribution in [0.3, 0.4) is 0 Å². The van der Waals surface area contributed by atoms with Crippen molar-refractivity contribution in [2.75, 3.05) is 26.9 Å². The number of carbonyl (C=O) groups is 1. The van der Waals surface area contributed by atoms with Gasteiger partial charge >= 0.3 is 5.97 Å². The number of aryl methyl sites for hydroxylation is 2. The Labute approximate surface area is 245 Å². The first-order valence-corrected chi connectivity index (χ1v) is 16.0. The van der Waals surface area contributed by atoms with Crippen molar-refractivity contribution in [2.24, 2.45) is 0 Å². The molecule has 220 valence electrons. The van der Waals surface area contributed by atoms with E-state index in [4.69, 9.17) is 23.9 Å². The molecule has 3 heterocycles. The zero-order valence-electron chi connectivity index (χ0n) is 24.0. The molecule has 0 aliphatic carbocycles. The zero-order chi connectivity index (χ0) is 29.4. The van der Waals surface area contributed by atoms with Gasteiger partial charge in [-0.15, -0.1) is 11.3 Å². The summed E-state index contributed by atoms with van der Waals surface area (Å²) in [4.78, 5) is 18.4. The summed E-state index contributed by atoms with van der Waals surface area (Å²) in [5.41, 5.74) is 3.43. The Morgan fingerprint density at radius 2 is 1.93 bits per heavy atom. The molecule has 0 amide bonds. The van der Waals surface area contributed by atoms with Gasteiger partial charge in [0, 0.05) is 12.5 Å². The van der Waals surface area contributed by atoms with Crippen LogP contribution in [0.2, 0.25) is 0 Å². The van der Waals surface area contributed by atoms with Crippen LogP contribution in [-0.2, 0) is 41.4 Å². The number of hydrogen-bond acceptors (Lipinski definition) is 9. The highest BCUT2D eigenvalue weighted by atomic mass is 32.2. The van der Waals surface area contributed by atoms with Gasteiger partial charge in [0.2, 0.25) is 15.8 Å². The van der Waals surface area contributed by atoms with Gasteiger partial charge in [0.05, 0.1) is 43.9 Å². The third-order valence-corrected chi connectivity index (χ3v) is 11.0. The van der Waals surface area contributed by atoms with Gasteiger partial charge in [-0.1, -0.05) is 37.3 Å². The van der Waals surface area contributed by atoms with Crippen LogP contribution in [0.15, 0.2) is 47.4 Å². The molecule has 0 spiro atoms. The number of fused-ring (bicyclic) bond motifs is 1. The molecule has 11 heteroatoms. The van der Waals surface area contributed by atoms with Crippen LogP contribution >= 0.6 is 11.3 Å². The van der Waals surface area contributed by atoms with Crippen molar-refractivity contribution in [1.29, 1.82) is 0 Å². The number of methoxy groups -OCH3 is 1. The summed E-state index contributed by atoms with van der Waals surface area (Å²) >= 11 is 1.46. The molecule has 1 unspecified atom stereocenters. The lowest BCUT2D eigenvalue weighted by molar-refractivity contribution is -0.147. The molecule has 2 aromatic carbocycles. The molecule has 3 aromatic rings. The second kappa shape index (κ2) is 11.8. The molecule has 1 aromatic heterocycles. The van der Waals surface area contributed by atoms with Crippen molar-refractivity contribution < 1.29 is 32.2 Å². The third kappa shape index (κ3) is 5.91. The molecule has 5 rings (SSSR count). The molecule has 1 saturated heterocycles. The smallest absolute Gasteiger partial charge is 0.306 e. The highest BCUT2D eigenvalue weighted by molar-refractivity contribution is 7.89. The summed E-state index contributed by atoms with van der Waals surface area (Å²) in [6.45, 7) is 9.15. The third-order valence-electron chi connectivity index (χ3n) is 7.71. The molecule has 0 bridgehead atoms. The van der Waals surface area contributed by atoms with Crippen LogP contribution in [0.1, 0.15) is 64.9 Å². The molecular formula is C30H36N2O7S2. The van der Waals surface area contributed by atoms with Crippen molar-refractivity contribution >= 4 is 27.3 Å². The van der Waals surface area contributed by atoms with E-state index < -0.39 is 21.7 Å². The summed E-state index contributed by atoms with van der Waals surface area (Å²) in [5.74, 6) is -1.24. The lowest BCUT2D eigenvalue weighted by atomic mass is 9.93. The Morgan fingerprint density at radius 1 is 1.20 bits per heavy atom. The van der Waals surface area contributed by atoms with E-state index >= 15 is 0 Å². The van der Waals surface area contributed by atoms with Gasteiger partial charge in [-0.05, 0) is 56.0 Å². The monoisotopic (exact) mass is 600 g/mol. The summed E-state index contributed by atoms with van der Waals surface area (Å²) in [7, 11) is -2.44. The van der Waals surface area contributed by atoms with E-state index in [0.29, 0.717) is 25.4 Å². The SMILES string of the molecule is CC[C@@H]1CN(Cc2cc(C(CC(=O)OC)c3nc(C)c(C4(C)OCCO4)s3)ccc2C)S(=O)(=O)c2ccccc2O1. The highest BCUT2D eigenvalue weighted by Crippen LogP contribution is 2.41. The van der Waals surface area contributed by atoms with Crippen molar-refractivity contribution in [1.82, 2.24) is 9.29 Å². The molecule has 2 aliphatic rings. The predicted molar refractivity (Wildman–Crippen MR) is 155 cm³/mol. The average Bonchev–Trinajstić information content (AvgIpc) is 3.55. The van der Waals surface area contributed by atoms with Crippen molar-refractivity contribution in [3.8, 4) is 5.75 Å². The summed E-state index contributed by atoms with van der Waals surface area (Å²) in [6.07, 6.45) is 0.478. The topological polar surface area (TPSA) is 104 Å². The van der Waals surface area contributed by atoms with Gasteiger partial charge in [-0.25, -0.2) is 13.4 Å². The van der Waals surface area contributed by atoms with Crippen molar-refractivity contribution in [3.05, 3.63) is 74.7 Å². The van der Waals surface area contributed by atoms with E-state index in [9.17, 15) is 13.2 Å². The predicted octanol–water partition coefficient (Wildman–Crippen LogP) is 5.04. The number of ether oxygens (including phenoxy) is 4. The van der Waals surface area contributed by atoms with E-state index in [1.54, 1.807) is 24.3 Å². The molecule has 1 fully saturated rings. The number of benzene rings is 2. The lowest BCUT2D eigenvalue weighted by Crippen LogP contribution is -2.36. The number of aromatic nitrogens is 1. The fourth-order valence-corrected chi connectivity index (χ4v) is 8.12. The Hall–Kier alpha value is -2.83. The average molecular weight is 601 g/mol. The van der Waals surface area contributed by atoms with Crippen LogP contribution in [-0.4, -0.2) is 56.6 Å². The van der Waals surface area contributed by atoms with E-state index in [2.05, 4.69) is 0 Å². The van der Waals surface area contributed by atoms with Crippen molar-refractivity contribution in [2.45, 2.75) is 69.8 Å². The number of carbonyl (C=O) groups excluding carboxylic acids is 1. The number of rotatable bonds is 8. The molecule has 41 heavy (non-hydrogen) atoms. The number of para-hydroxylation sites is 1. The van der Waals surface area contributed by atoms with E-state index in [1.807, 2.05) is 45.9 Å². The molecule has 0 radical (unpaired) electrons. The van der Waals surface area contributed by atoms with Crippen molar-refractivity contribution in [3.63, 3.8) is 0 Å². The number of nitrogens with zero attached hydrogens (tertiary/aromatic N) is 2. The first-order chi connectivity index (χ1) is 19.6. The Morgan fingerprint density at radius 3 is 2.63 bits per heavy atom. The standard InChI is InChI=1S/C30H36N2O7S2/c1-6-23-18-32(41(34,35)26-10-8-7-9-25(26)39-23)17-22-15-21(12-11-19(22)2)24(16-27(33)36-5)29-31-20(3)28(40-29)30(4)37-13-14-38-30/h7-12,15,23-24H,6,13-14,16-18H2,1-5H3/t23-,24?/m1/s1. The molecule has 0 saturated carbocycles. The normalized spacial score (nSPS) is 20.6. The molecule has 9 nitrogen and oxygen atoms in total. The number of esters is 1. The van der Waals surface area contributed by atoms with Gasteiger partial charge in [-0.3, -0.25) is 4.79 Å². The van der Waals surface area contributed by atoms with Crippen LogP contribution in [0.5, 0.6) is 5.75 Å². The minimum Gasteiger partial charge on any atom is -0.488 e. The maximum Gasteiger partial charge on any atom is 0.306 e. The van der Waals surface area contributed by atoms with Gasteiger partial charge < -0.3 is 18.9 Å². The summed E-state index contributed by atoms with van der Waals surface area (Å²) in [5, 5.41) is 0.744. The number of thiazole rings is 1. The summed E-state index contributed by atoms with van der Waals surface area (Å²) < 4.78 is 51.9. The largest absolute Gasteiger partial charge is 0.488 e. The number of sulfonamides is 1. The number of hydrogen-bond donors (Lipinski definition) is 0. The highest BCUT2D eigenvalue weighted by Gasteiger charge is 2.38. The van der Waals surface area contributed by atoms with E-state index in [-0.39, 0.29) is 36.5 Å². The van der Waals surface area contributed by atoms with E-state index in [1.165, 1.54) is 22.8 Å². The van der Waals surface area contributed by atoms with Gasteiger partial charge in [0.25, 0.3) is 0 Å². The molecule has 2 atom stereocenters. The Bertz CT molecular complexity index is 1530. The Balaban J connectivity index is 1.52. The lowest BCUT2D eigenvalue weighted by Gasteiger charge is -2.24.